The second-order valence-corrected chi connectivity index (χ2v) is 11.2. The van der Waals surface area contributed by atoms with Crippen molar-refractivity contribution in [2.75, 3.05) is 17.2 Å². The van der Waals surface area contributed by atoms with Crippen LogP contribution in [-0.4, -0.2) is 39.9 Å². The van der Waals surface area contributed by atoms with E-state index in [1.54, 1.807) is 21.3 Å². The van der Waals surface area contributed by atoms with Gasteiger partial charge in [0.2, 0.25) is 11.8 Å². The average molecular weight is 543 g/mol. The highest BCUT2D eigenvalue weighted by molar-refractivity contribution is 8.00. The Kier molecular flexibility index (Phi) is 6.72. The Hall–Kier alpha value is -3.55. The maximum absolute atomic E-state index is 13.7. The van der Waals surface area contributed by atoms with E-state index in [1.807, 2.05) is 66.7 Å². The van der Waals surface area contributed by atoms with Crippen LogP contribution in [0.2, 0.25) is 5.02 Å². The highest BCUT2D eigenvalue weighted by Gasteiger charge is 2.38. The summed E-state index contributed by atoms with van der Waals surface area (Å²) in [6.45, 7) is 2.01. The standard InChI is InChI=1S/C30H27ClN4O2S/c1-19-9-5-6-12-22(19)29-27-28(20-10-3-2-4-11-20)33-35(24-14-8-7-13-23(24)31)30(27)34(26(37)18-38-29)17-25(36)32-21-15-16-21/h2-14,21,29H,15-18H2,1H3,(H,32,36)/t29-/m0/s1. The number of halogens is 1. The van der Waals surface area contributed by atoms with E-state index in [9.17, 15) is 9.59 Å². The molecule has 192 valence electrons. The van der Waals surface area contributed by atoms with Gasteiger partial charge in [0.1, 0.15) is 12.4 Å². The molecular formula is C30H27ClN4O2S. The summed E-state index contributed by atoms with van der Waals surface area (Å²) < 4.78 is 1.75. The molecule has 0 bridgehead atoms. The fourth-order valence-corrected chi connectivity index (χ4v) is 6.40. The number of aryl methyl sites for hydroxylation is 1. The van der Waals surface area contributed by atoms with Crippen LogP contribution in [0.15, 0.2) is 78.9 Å². The van der Waals surface area contributed by atoms with Gasteiger partial charge < -0.3 is 5.32 Å². The van der Waals surface area contributed by atoms with Crippen LogP contribution < -0.4 is 10.2 Å². The molecule has 1 aliphatic carbocycles. The largest absolute Gasteiger partial charge is 0.352 e. The van der Waals surface area contributed by atoms with Crippen molar-refractivity contribution in [2.45, 2.75) is 31.1 Å². The number of nitrogens with one attached hydrogen (secondary N) is 1. The molecule has 3 aromatic carbocycles. The van der Waals surface area contributed by atoms with Crippen molar-refractivity contribution in [2.24, 2.45) is 0 Å². The fourth-order valence-electron chi connectivity index (χ4n) is 4.89. The summed E-state index contributed by atoms with van der Waals surface area (Å²) in [6, 6.07) is 25.9. The molecule has 38 heavy (non-hydrogen) atoms. The summed E-state index contributed by atoms with van der Waals surface area (Å²) >= 11 is 8.27. The summed E-state index contributed by atoms with van der Waals surface area (Å²) in [5.41, 5.74) is 5.51. The highest BCUT2D eigenvalue weighted by atomic mass is 35.5. The van der Waals surface area contributed by atoms with E-state index >= 15 is 0 Å². The van der Waals surface area contributed by atoms with Gasteiger partial charge in [-0.2, -0.15) is 5.10 Å². The van der Waals surface area contributed by atoms with Crippen molar-refractivity contribution >= 4 is 41.0 Å². The zero-order chi connectivity index (χ0) is 26.2. The lowest BCUT2D eigenvalue weighted by atomic mass is 9.97. The Labute approximate surface area is 231 Å². The summed E-state index contributed by atoms with van der Waals surface area (Å²) in [5, 5.41) is 8.48. The van der Waals surface area contributed by atoms with Gasteiger partial charge >= 0.3 is 0 Å². The van der Waals surface area contributed by atoms with Crippen molar-refractivity contribution in [3.8, 4) is 16.9 Å². The quantitative estimate of drug-likeness (QED) is 0.327. The first-order chi connectivity index (χ1) is 18.5. The van der Waals surface area contributed by atoms with Crippen molar-refractivity contribution in [1.29, 1.82) is 0 Å². The SMILES string of the molecule is Cc1ccccc1[C@@H]1SCC(=O)N(CC(=O)NC2CC2)c2c1c(-c1ccccc1)nn2-c1ccccc1Cl. The van der Waals surface area contributed by atoms with E-state index in [1.165, 1.54) is 0 Å². The van der Waals surface area contributed by atoms with E-state index in [0.717, 1.165) is 40.8 Å². The monoisotopic (exact) mass is 542 g/mol. The molecule has 1 saturated carbocycles. The molecule has 0 saturated heterocycles. The van der Waals surface area contributed by atoms with Gasteiger partial charge in [0.25, 0.3) is 0 Å². The zero-order valence-corrected chi connectivity index (χ0v) is 22.5. The van der Waals surface area contributed by atoms with Crippen LogP contribution in [0, 0.1) is 6.92 Å². The van der Waals surface area contributed by atoms with E-state index < -0.39 is 0 Å². The Bertz CT molecular complexity index is 1520. The Balaban J connectivity index is 1.63. The number of amides is 2. The number of benzene rings is 3. The van der Waals surface area contributed by atoms with Crippen molar-refractivity contribution in [3.05, 3.63) is 101 Å². The topological polar surface area (TPSA) is 67.2 Å². The molecule has 1 atom stereocenters. The van der Waals surface area contributed by atoms with Gasteiger partial charge in [-0.25, -0.2) is 4.68 Å². The van der Waals surface area contributed by atoms with Crippen molar-refractivity contribution in [3.63, 3.8) is 0 Å². The number of nitrogens with zero attached hydrogens (tertiary/aromatic N) is 3. The molecule has 2 aliphatic rings. The highest BCUT2D eigenvalue weighted by Crippen LogP contribution is 2.49. The fraction of sp³-hybridized carbons (Fsp3) is 0.233. The number of fused-ring (bicyclic) bond motifs is 1. The van der Waals surface area contributed by atoms with Gasteiger partial charge in [0.05, 0.1) is 27.4 Å². The number of hydrogen-bond acceptors (Lipinski definition) is 4. The summed E-state index contributed by atoms with van der Waals surface area (Å²) in [4.78, 5) is 28.4. The normalized spacial score (nSPS) is 17.2. The molecule has 6 nitrogen and oxygen atoms in total. The lowest BCUT2D eigenvalue weighted by Crippen LogP contribution is -2.43. The predicted molar refractivity (Wildman–Crippen MR) is 153 cm³/mol. The zero-order valence-electron chi connectivity index (χ0n) is 20.9. The third kappa shape index (κ3) is 4.72. The summed E-state index contributed by atoms with van der Waals surface area (Å²) in [6.07, 6.45) is 1.96. The minimum Gasteiger partial charge on any atom is -0.352 e. The molecule has 4 aromatic rings. The van der Waals surface area contributed by atoms with Gasteiger partial charge in [0.15, 0.2) is 0 Å². The van der Waals surface area contributed by atoms with Crippen LogP contribution in [0.3, 0.4) is 0 Å². The van der Waals surface area contributed by atoms with Crippen LogP contribution >= 0.6 is 23.4 Å². The molecule has 2 amide bonds. The number of carbonyl (C=O) groups excluding carboxylic acids is 2. The second-order valence-electron chi connectivity index (χ2n) is 9.68. The minimum atomic E-state index is -0.168. The molecule has 2 heterocycles. The molecular weight excluding hydrogens is 516 g/mol. The smallest absolute Gasteiger partial charge is 0.240 e. The van der Waals surface area contributed by atoms with E-state index in [-0.39, 0.29) is 35.4 Å². The third-order valence-corrected chi connectivity index (χ3v) is 8.49. The van der Waals surface area contributed by atoms with E-state index in [2.05, 4.69) is 24.4 Å². The van der Waals surface area contributed by atoms with Crippen molar-refractivity contribution in [1.82, 2.24) is 15.1 Å². The molecule has 0 spiro atoms. The van der Waals surface area contributed by atoms with Crippen LogP contribution in [0.4, 0.5) is 5.82 Å². The van der Waals surface area contributed by atoms with Gasteiger partial charge in [0, 0.05) is 17.2 Å². The minimum absolute atomic E-state index is 0.0756. The molecule has 1 aliphatic heterocycles. The number of carbonyl (C=O) groups is 2. The molecule has 1 fully saturated rings. The lowest BCUT2D eigenvalue weighted by Gasteiger charge is -2.23. The van der Waals surface area contributed by atoms with Crippen LogP contribution in [-0.2, 0) is 9.59 Å². The van der Waals surface area contributed by atoms with E-state index in [0.29, 0.717) is 16.5 Å². The Morgan fingerprint density at radius 3 is 2.47 bits per heavy atom. The number of para-hydroxylation sites is 1. The molecule has 6 rings (SSSR count). The molecule has 0 radical (unpaired) electrons. The van der Waals surface area contributed by atoms with Gasteiger partial charge in [-0.3, -0.25) is 14.5 Å². The summed E-state index contributed by atoms with van der Waals surface area (Å²) in [7, 11) is 0. The average Bonchev–Trinajstić information content (AvgIpc) is 3.68. The lowest BCUT2D eigenvalue weighted by molar-refractivity contribution is -0.123. The maximum atomic E-state index is 13.7. The number of aromatic nitrogens is 2. The summed E-state index contributed by atoms with van der Waals surface area (Å²) in [5.74, 6) is 0.526. The van der Waals surface area contributed by atoms with Crippen molar-refractivity contribution < 1.29 is 9.59 Å². The second kappa shape index (κ2) is 10.3. The van der Waals surface area contributed by atoms with Crippen LogP contribution in [0.1, 0.15) is 34.8 Å². The Morgan fingerprint density at radius 1 is 1.03 bits per heavy atom. The Morgan fingerprint density at radius 2 is 1.74 bits per heavy atom. The van der Waals surface area contributed by atoms with Gasteiger partial charge in [-0.15, -0.1) is 11.8 Å². The van der Waals surface area contributed by atoms with Gasteiger partial charge in [-0.1, -0.05) is 78.3 Å². The molecule has 8 heteroatoms. The van der Waals surface area contributed by atoms with Crippen LogP contribution in [0.25, 0.3) is 16.9 Å². The maximum Gasteiger partial charge on any atom is 0.240 e. The van der Waals surface area contributed by atoms with Crippen LogP contribution in [0.5, 0.6) is 0 Å². The number of thioether (sulfide) groups is 1. The number of hydrogen-bond donors (Lipinski definition) is 1. The molecule has 1 aromatic heterocycles. The number of rotatable bonds is 6. The molecule has 1 N–H and O–H groups in total. The first kappa shape index (κ1) is 24.8. The first-order valence-corrected chi connectivity index (χ1v) is 14.1. The first-order valence-electron chi connectivity index (χ1n) is 12.7. The van der Waals surface area contributed by atoms with Gasteiger partial charge in [-0.05, 0) is 43.0 Å². The molecule has 0 unspecified atom stereocenters. The predicted octanol–water partition coefficient (Wildman–Crippen LogP) is 5.95. The third-order valence-electron chi connectivity index (χ3n) is 6.93. The number of anilines is 1. The van der Waals surface area contributed by atoms with E-state index in [4.69, 9.17) is 16.7 Å².